The topological polar surface area (TPSA) is 35.5 Å². The largest absolute Gasteiger partial charge is 0.469 e. The Labute approximate surface area is 99.0 Å². The summed E-state index contributed by atoms with van der Waals surface area (Å²) < 4.78 is 11.0. The van der Waals surface area contributed by atoms with Crippen LogP contribution in [0, 0.1) is 0 Å². The normalized spacial score (nSPS) is 23.8. The van der Waals surface area contributed by atoms with Crippen molar-refractivity contribution < 1.29 is 14.0 Å². The smallest absolute Gasteiger partial charge is 0.312 e. The van der Waals surface area contributed by atoms with E-state index in [1.54, 1.807) is 0 Å². The number of hydrogen-bond acceptors (Lipinski definition) is 3. The van der Waals surface area contributed by atoms with Gasteiger partial charge in [0.25, 0.3) is 0 Å². The van der Waals surface area contributed by atoms with E-state index >= 15 is 0 Å². The minimum Gasteiger partial charge on any atom is -0.469 e. The molecule has 0 bridgehead atoms. The van der Waals surface area contributed by atoms with Crippen LogP contribution in [0.1, 0.15) is 27.7 Å². The molecule has 0 saturated heterocycles. The van der Waals surface area contributed by atoms with Gasteiger partial charge in [-0.15, -0.1) is 0 Å². The summed E-state index contributed by atoms with van der Waals surface area (Å²) in [5, 5.41) is 0. The van der Waals surface area contributed by atoms with Crippen LogP contribution < -0.4 is 0 Å². The third-order valence-electron chi connectivity index (χ3n) is 3.50. The molecule has 1 aliphatic rings. The Balaban J connectivity index is 3.13. The Morgan fingerprint density at radius 3 is 2.38 bits per heavy atom. The molecule has 4 heteroatoms. The van der Waals surface area contributed by atoms with Crippen LogP contribution in [0.5, 0.6) is 0 Å². The fourth-order valence-electron chi connectivity index (χ4n) is 2.73. The second kappa shape index (κ2) is 5.14. The predicted molar refractivity (Wildman–Crippen MR) is 66.8 cm³/mol. The fourth-order valence-corrected chi connectivity index (χ4v) is 7.66. The highest BCUT2D eigenvalue weighted by molar-refractivity contribution is 6.81. The summed E-state index contributed by atoms with van der Waals surface area (Å²) >= 11 is 0. The molecule has 0 aromatic carbocycles. The molecule has 1 atom stereocenters. The average Bonchev–Trinajstić information content (AvgIpc) is 2.27. The van der Waals surface area contributed by atoms with Crippen molar-refractivity contribution in [3.8, 4) is 0 Å². The lowest BCUT2D eigenvalue weighted by Gasteiger charge is -2.43. The highest BCUT2D eigenvalue weighted by atomic mass is 28.4. The Morgan fingerprint density at radius 1 is 1.38 bits per heavy atom. The molecular formula is C12H22O3Si. The van der Waals surface area contributed by atoms with Gasteiger partial charge in [-0.2, -0.15) is 0 Å². The molecule has 0 fully saturated rings. The van der Waals surface area contributed by atoms with Crippen molar-refractivity contribution in [1.82, 2.24) is 0 Å². The predicted octanol–water partition coefficient (Wildman–Crippen LogP) is 2.88. The lowest BCUT2D eigenvalue weighted by molar-refractivity contribution is -0.140. The second-order valence-electron chi connectivity index (χ2n) is 4.90. The Kier molecular flexibility index (Phi) is 4.33. The van der Waals surface area contributed by atoms with Crippen LogP contribution in [0.15, 0.2) is 12.2 Å². The molecule has 92 valence electrons. The number of methoxy groups -OCH3 is 1. The highest BCUT2D eigenvalue weighted by Gasteiger charge is 2.52. The van der Waals surface area contributed by atoms with Gasteiger partial charge in [0.2, 0.25) is 8.32 Å². The number of ether oxygens (including phenoxy) is 1. The van der Waals surface area contributed by atoms with E-state index in [1.165, 1.54) is 7.11 Å². The first kappa shape index (κ1) is 13.5. The lowest BCUT2D eigenvalue weighted by atomic mass is 10.3. The number of carbonyl (C=O) groups is 1. The van der Waals surface area contributed by atoms with E-state index in [2.05, 4.69) is 27.7 Å². The van der Waals surface area contributed by atoms with Crippen LogP contribution in [0.4, 0.5) is 0 Å². The molecule has 3 nitrogen and oxygen atoms in total. The first-order chi connectivity index (χ1) is 7.46. The molecule has 0 radical (unpaired) electrons. The van der Waals surface area contributed by atoms with Crippen molar-refractivity contribution >= 4 is 14.3 Å². The molecule has 1 heterocycles. The molecular weight excluding hydrogens is 220 g/mol. The highest BCUT2D eigenvalue weighted by Crippen LogP contribution is 2.45. The van der Waals surface area contributed by atoms with Crippen molar-refractivity contribution in [2.75, 3.05) is 13.7 Å². The van der Waals surface area contributed by atoms with Crippen molar-refractivity contribution in [2.45, 2.75) is 44.3 Å². The molecule has 1 aliphatic heterocycles. The maximum Gasteiger partial charge on any atom is 0.312 e. The van der Waals surface area contributed by atoms with Gasteiger partial charge in [0.15, 0.2) is 0 Å². The minimum absolute atomic E-state index is 0.148. The molecule has 0 aromatic rings. The SMILES string of the molecule is COC(=O)C1C=CCO[Si]1(C(C)C)C(C)C. The van der Waals surface area contributed by atoms with Crippen molar-refractivity contribution in [1.29, 1.82) is 0 Å². The van der Waals surface area contributed by atoms with E-state index in [4.69, 9.17) is 9.16 Å². The Morgan fingerprint density at radius 2 is 1.94 bits per heavy atom. The monoisotopic (exact) mass is 242 g/mol. The van der Waals surface area contributed by atoms with Gasteiger partial charge in [0, 0.05) is 0 Å². The summed E-state index contributed by atoms with van der Waals surface area (Å²) in [6.45, 7) is 9.25. The number of rotatable bonds is 3. The van der Waals surface area contributed by atoms with Gasteiger partial charge in [-0.1, -0.05) is 39.8 Å². The van der Waals surface area contributed by atoms with Crippen LogP contribution in [0.2, 0.25) is 16.6 Å². The van der Waals surface area contributed by atoms with E-state index in [-0.39, 0.29) is 11.5 Å². The Hall–Kier alpha value is -0.613. The third-order valence-corrected chi connectivity index (χ3v) is 9.18. The number of esters is 1. The molecule has 0 N–H and O–H groups in total. The van der Waals surface area contributed by atoms with Gasteiger partial charge in [-0.3, -0.25) is 4.79 Å². The molecule has 16 heavy (non-hydrogen) atoms. The average molecular weight is 242 g/mol. The standard InChI is InChI=1S/C12H22O3Si/c1-9(2)16(10(3)4)11(12(13)14-5)7-6-8-15-16/h6-7,9-11H,8H2,1-5H3. The molecule has 0 aromatic heterocycles. The third kappa shape index (κ3) is 2.09. The summed E-state index contributed by atoms with van der Waals surface area (Å²) in [6, 6.07) is 0. The van der Waals surface area contributed by atoms with Crippen LogP contribution >= 0.6 is 0 Å². The summed E-state index contributed by atoms with van der Waals surface area (Å²) in [6.07, 6.45) is 3.92. The van der Waals surface area contributed by atoms with E-state index in [0.717, 1.165) is 0 Å². The van der Waals surface area contributed by atoms with E-state index in [0.29, 0.717) is 17.7 Å². The van der Waals surface area contributed by atoms with E-state index < -0.39 is 8.32 Å². The molecule has 0 saturated carbocycles. The van der Waals surface area contributed by atoms with Crippen molar-refractivity contribution in [3.05, 3.63) is 12.2 Å². The van der Waals surface area contributed by atoms with Gasteiger partial charge < -0.3 is 9.16 Å². The zero-order valence-corrected chi connectivity index (χ0v) is 11.8. The number of hydrogen-bond donors (Lipinski definition) is 0. The molecule has 0 aliphatic carbocycles. The van der Waals surface area contributed by atoms with Crippen molar-refractivity contribution in [3.63, 3.8) is 0 Å². The molecule has 0 spiro atoms. The molecule has 1 rings (SSSR count). The second-order valence-corrected chi connectivity index (χ2v) is 9.83. The maximum absolute atomic E-state index is 11.9. The first-order valence-electron chi connectivity index (χ1n) is 5.85. The quantitative estimate of drug-likeness (QED) is 0.434. The van der Waals surface area contributed by atoms with Crippen molar-refractivity contribution in [2.24, 2.45) is 0 Å². The van der Waals surface area contributed by atoms with Gasteiger partial charge in [-0.05, 0) is 11.1 Å². The van der Waals surface area contributed by atoms with Gasteiger partial charge in [0.05, 0.1) is 19.3 Å². The van der Waals surface area contributed by atoms with E-state index in [1.807, 2.05) is 12.2 Å². The first-order valence-corrected chi connectivity index (χ1v) is 7.99. The van der Waals surface area contributed by atoms with E-state index in [9.17, 15) is 4.79 Å². The molecule has 0 amide bonds. The van der Waals surface area contributed by atoms with Gasteiger partial charge in [0.1, 0.15) is 0 Å². The zero-order chi connectivity index (χ0) is 12.3. The zero-order valence-electron chi connectivity index (χ0n) is 10.8. The minimum atomic E-state index is -2.11. The van der Waals surface area contributed by atoms with Crippen LogP contribution in [0.3, 0.4) is 0 Å². The van der Waals surface area contributed by atoms with Gasteiger partial charge in [-0.25, -0.2) is 0 Å². The van der Waals surface area contributed by atoms with Crippen LogP contribution in [-0.4, -0.2) is 28.0 Å². The lowest BCUT2D eigenvalue weighted by Crippen LogP contribution is -2.53. The van der Waals surface area contributed by atoms with Crippen LogP contribution in [-0.2, 0) is 14.0 Å². The fraction of sp³-hybridized carbons (Fsp3) is 0.750. The number of carbonyl (C=O) groups excluding carboxylic acids is 1. The summed E-state index contributed by atoms with van der Waals surface area (Å²) in [5.41, 5.74) is 0.648. The summed E-state index contributed by atoms with van der Waals surface area (Å²) in [4.78, 5) is 11.9. The Bertz CT molecular complexity index is 276. The van der Waals surface area contributed by atoms with Crippen LogP contribution in [0.25, 0.3) is 0 Å². The summed E-state index contributed by atoms with van der Waals surface area (Å²) in [7, 11) is -0.663. The summed E-state index contributed by atoms with van der Waals surface area (Å²) in [5.74, 6) is -0.148. The molecule has 1 unspecified atom stereocenters. The van der Waals surface area contributed by atoms with Gasteiger partial charge >= 0.3 is 5.97 Å². The maximum atomic E-state index is 11.9.